The number of nitrogens with one attached hydrogen (secondary N) is 1. The Morgan fingerprint density at radius 2 is 2.12 bits per heavy atom. The van der Waals surface area contributed by atoms with Crippen LogP contribution in [0.25, 0.3) is 0 Å². The molecule has 4 nitrogen and oxygen atoms in total. The monoisotopic (exact) mass is 432 g/mol. The van der Waals surface area contributed by atoms with Crippen molar-refractivity contribution in [2.45, 2.75) is 13.5 Å². The van der Waals surface area contributed by atoms with Crippen molar-refractivity contribution in [1.82, 2.24) is 10.2 Å². The molecule has 7 heteroatoms. The van der Waals surface area contributed by atoms with Gasteiger partial charge < -0.3 is 15.0 Å². The molecule has 0 spiro atoms. The van der Waals surface area contributed by atoms with Gasteiger partial charge in [0.05, 0.1) is 3.79 Å². The number of benzene rings is 1. The van der Waals surface area contributed by atoms with Crippen LogP contribution in [0.2, 0.25) is 0 Å². The predicted octanol–water partition coefficient (Wildman–Crippen LogP) is 4.11. The fourth-order valence-corrected chi connectivity index (χ4v) is 3.27. The van der Waals surface area contributed by atoms with Crippen LogP contribution in [0.3, 0.4) is 0 Å². The summed E-state index contributed by atoms with van der Waals surface area (Å²) in [6.45, 7) is 3.92. The predicted molar refractivity (Wildman–Crippen MR) is 106 cm³/mol. The maximum atomic E-state index is 12.4. The van der Waals surface area contributed by atoms with Crippen LogP contribution >= 0.6 is 39.7 Å². The maximum Gasteiger partial charge on any atom is 0.253 e. The highest BCUT2D eigenvalue weighted by Gasteiger charge is 2.13. The van der Waals surface area contributed by atoms with Gasteiger partial charge in [0.25, 0.3) is 5.91 Å². The molecule has 2 rings (SSSR count). The minimum absolute atomic E-state index is 0. The second-order valence-electron chi connectivity index (χ2n) is 5.36. The maximum absolute atomic E-state index is 12.4. The molecule has 0 bridgehead atoms. The molecule has 0 fully saturated rings. The number of nitrogens with zero attached hydrogens (tertiary/aromatic N) is 1. The molecule has 0 aliphatic heterocycles. The first-order valence-electron chi connectivity index (χ1n) is 7.37. The molecule has 1 aromatic carbocycles. The highest BCUT2D eigenvalue weighted by atomic mass is 79.9. The number of halogens is 2. The first kappa shape index (κ1) is 21.0. The Labute approximate surface area is 161 Å². The molecule has 0 atom stereocenters. The standard InChI is InChI=1S/C17H21BrN2O2S.ClH/c1-12-4-5-14(17(21)20(3)7-6-19-2)9-15(12)22-10-13-8-16(18)23-11-13;/h4-5,8-9,11,19H,6-7,10H2,1-3H3;1H. The van der Waals surface area contributed by atoms with E-state index in [0.29, 0.717) is 18.7 Å². The zero-order valence-corrected chi connectivity index (χ0v) is 17.2. The molecule has 2 aromatic rings. The molecule has 0 saturated carbocycles. The van der Waals surface area contributed by atoms with Gasteiger partial charge in [-0.15, -0.1) is 23.7 Å². The number of rotatable bonds is 7. The van der Waals surface area contributed by atoms with Crippen LogP contribution in [0.1, 0.15) is 21.5 Å². The molecular formula is C17H22BrClN2O2S. The van der Waals surface area contributed by atoms with E-state index in [1.54, 1.807) is 16.2 Å². The summed E-state index contributed by atoms with van der Waals surface area (Å²) in [6.07, 6.45) is 0. The fraction of sp³-hybridized carbons (Fsp3) is 0.353. The van der Waals surface area contributed by atoms with Crippen LogP contribution in [0.4, 0.5) is 0 Å². The van der Waals surface area contributed by atoms with Crippen LogP contribution in [0, 0.1) is 6.92 Å². The van der Waals surface area contributed by atoms with Gasteiger partial charge in [-0.3, -0.25) is 4.79 Å². The van der Waals surface area contributed by atoms with E-state index in [-0.39, 0.29) is 18.3 Å². The van der Waals surface area contributed by atoms with E-state index < -0.39 is 0 Å². The number of hydrogen-bond acceptors (Lipinski definition) is 4. The molecule has 1 aromatic heterocycles. The summed E-state index contributed by atoms with van der Waals surface area (Å²) in [6, 6.07) is 7.65. The molecule has 1 N–H and O–H groups in total. The van der Waals surface area contributed by atoms with Gasteiger partial charge in [-0.25, -0.2) is 0 Å². The topological polar surface area (TPSA) is 41.6 Å². The van der Waals surface area contributed by atoms with Crippen LogP contribution < -0.4 is 10.1 Å². The Bertz CT molecular complexity index is 678. The minimum Gasteiger partial charge on any atom is -0.489 e. The zero-order valence-electron chi connectivity index (χ0n) is 14.0. The number of aryl methyl sites for hydroxylation is 1. The Morgan fingerprint density at radius 3 is 2.75 bits per heavy atom. The molecule has 0 unspecified atom stereocenters. The van der Waals surface area contributed by atoms with Gasteiger partial charge in [-0.05, 0) is 59.0 Å². The molecule has 1 heterocycles. The molecule has 1 amide bonds. The zero-order chi connectivity index (χ0) is 16.8. The summed E-state index contributed by atoms with van der Waals surface area (Å²) in [4.78, 5) is 14.1. The summed E-state index contributed by atoms with van der Waals surface area (Å²) in [5, 5.41) is 5.10. The number of carbonyl (C=O) groups is 1. The summed E-state index contributed by atoms with van der Waals surface area (Å²) in [5.41, 5.74) is 2.79. The summed E-state index contributed by atoms with van der Waals surface area (Å²) in [5.74, 6) is 0.753. The van der Waals surface area contributed by atoms with Gasteiger partial charge in [-0.1, -0.05) is 6.07 Å². The van der Waals surface area contributed by atoms with E-state index in [1.165, 1.54) is 0 Å². The van der Waals surface area contributed by atoms with Crippen LogP contribution in [0.15, 0.2) is 33.4 Å². The van der Waals surface area contributed by atoms with E-state index in [0.717, 1.165) is 27.2 Å². The Morgan fingerprint density at radius 1 is 1.38 bits per heavy atom. The lowest BCUT2D eigenvalue weighted by Gasteiger charge is -2.18. The smallest absolute Gasteiger partial charge is 0.253 e. The van der Waals surface area contributed by atoms with Crippen molar-refractivity contribution in [2.75, 3.05) is 27.2 Å². The normalized spacial score (nSPS) is 10.2. The van der Waals surface area contributed by atoms with Gasteiger partial charge in [0, 0.05) is 31.3 Å². The number of likely N-dealkylation sites (N-methyl/N-ethyl adjacent to an activating group) is 2. The first-order chi connectivity index (χ1) is 11.0. The Kier molecular flexibility index (Phi) is 8.76. The molecule has 0 aliphatic rings. The number of hydrogen-bond donors (Lipinski definition) is 1. The molecule has 0 radical (unpaired) electrons. The summed E-state index contributed by atoms with van der Waals surface area (Å²) < 4.78 is 6.98. The Hall–Kier alpha value is -1.08. The second-order valence-corrected chi connectivity index (χ2v) is 7.65. The average molecular weight is 434 g/mol. The van der Waals surface area contributed by atoms with Crippen molar-refractivity contribution < 1.29 is 9.53 Å². The molecular weight excluding hydrogens is 412 g/mol. The van der Waals surface area contributed by atoms with Gasteiger partial charge >= 0.3 is 0 Å². The van der Waals surface area contributed by atoms with Gasteiger partial charge in [0.15, 0.2) is 0 Å². The lowest BCUT2D eigenvalue weighted by Crippen LogP contribution is -2.32. The molecule has 132 valence electrons. The van der Waals surface area contributed by atoms with Gasteiger partial charge in [0.2, 0.25) is 0 Å². The highest BCUT2D eigenvalue weighted by Crippen LogP contribution is 2.24. The third-order valence-corrected chi connectivity index (χ3v) is 5.05. The number of ether oxygens (including phenoxy) is 1. The SMILES string of the molecule is CNCCN(C)C(=O)c1ccc(C)c(OCc2csc(Br)c2)c1.Cl. The number of amides is 1. The molecule has 24 heavy (non-hydrogen) atoms. The van der Waals surface area contributed by atoms with Crippen LogP contribution in [0.5, 0.6) is 5.75 Å². The highest BCUT2D eigenvalue weighted by molar-refractivity contribution is 9.11. The average Bonchev–Trinajstić information content (AvgIpc) is 2.96. The fourth-order valence-electron chi connectivity index (χ4n) is 2.07. The van der Waals surface area contributed by atoms with Crippen molar-refractivity contribution in [3.63, 3.8) is 0 Å². The van der Waals surface area contributed by atoms with Crippen molar-refractivity contribution in [3.8, 4) is 5.75 Å². The van der Waals surface area contributed by atoms with Crippen molar-refractivity contribution >= 4 is 45.6 Å². The van der Waals surface area contributed by atoms with E-state index >= 15 is 0 Å². The lowest BCUT2D eigenvalue weighted by atomic mass is 10.1. The summed E-state index contributed by atoms with van der Waals surface area (Å²) in [7, 11) is 3.68. The van der Waals surface area contributed by atoms with Crippen LogP contribution in [-0.2, 0) is 6.61 Å². The lowest BCUT2D eigenvalue weighted by molar-refractivity contribution is 0.0796. The van der Waals surface area contributed by atoms with Gasteiger partial charge in [0.1, 0.15) is 12.4 Å². The largest absolute Gasteiger partial charge is 0.489 e. The van der Waals surface area contributed by atoms with E-state index in [9.17, 15) is 4.79 Å². The van der Waals surface area contributed by atoms with Gasteiger partial charge in [-0.2, -0.15) is 0 Å². The summed E-state index contributed by atoms with van der Waals surface area (Å²) >= 11 is 5.08. The van der Waals surface area contributed by atoms with Crippen molar-refractivity contribution in [1.29, 1.82) is 0 Å². The second kappa shape index (κ2) is 10.0. The third kappa shape index (κ3) is 5.77. The van der Waals surface area contributed by atoms with Crippen molar-refractivity contribution in [2.24, 2.45) is 0 Å². The number of carbonyl (C=O) groups excluding carboxylic acids is 1. The third-order valence-electron chi connectivity index (χ3n) is 3.50. The Balaban J connectivity index is 0.00000288. The van der Waals surface area contributed by atoms with E-state index in [1.807, 2.05) is 45.3 Å². The first-order valence-corrected chi connectivity index (χ1v) is 9.05. The van der Waals surface area contributed by atoms with E-state index in [2.05, 4.69) is 26.6 Å². The minimum atomic E-state index is 0. The number of thiophene rings is 1. The molecule has 0 saturated heterocycles. The quantitative estimate of drug-likeness (QED) is 0.714. The van der Waals surface area contributed by atoms with Crippen LogP contribution in [-0.4, -0.2) is 38.0 Å². The molecule has 0 aliphatic carbocycles. The van der Waals surface area contributed by atoms with E-state index in [4.69, 9.17) is 4.74 Å². The van der Waals surface area contributed by atoms with Crippen molar-refractivity contribution in [3.05, 3.63) is 50.1 Å².